The van der Waals surface area contributed by atoms with Gasteiger partial charge in [-0.05, 0) is 153 Å². The van der Waals surface area contributed by atoms with Gasteiger partial charge in [0.05, 0.1) is 56.5 Å². The van der Waals surface area contributed by atoms with Gasteiger partial charge in [0.15, 0.2) is 22.7 Å². The monoisotopic (exact) mass is 1980 g/mol. The number of ether oxygens (including phenoxy) is 2. The number of para-hydroxylation sites is 1. The van der Waals surface area contributed by atoms with Crippen LogP contribution in [0.1, 0.15) is 147 Å². The summed E-state index contributed by atoms with van der Waals surface area (Å²) in [4.78, 5) is 227. The number of benzene rings is 4. The summed E-state index contributed by atoms with van der Waals surface area (Å²) < 4.78 is 11.6. The van der Waals surface area contributed by atoms with Crippen LogP contribution < -0.4 is 75.3 Å². The Balaban J connectivity index is 0.617. The third kappa shape index (κ3) is 22.0. The molecule has 8 heterocycles. The number of carbonyl (C=O) groups excluding carboxylic acids is 9. The standard InChI is InChI=1S/C92H113N21O25S2/c1-6-48-33-64-56(34-55(48)91(84(133)137-5)39-47-38-88(135,7-2)45-112(42-47)31-26-54-53-13-9-10-14-57(53)101-70(54)91)90-28-32-113-30-12-27-89(8-3,80(90)113)82(131)92(136,81(90)111(64)4)83(132)109-110-87(134)138-43-46-16-22-52(23-17-46)140-139-44-63(79(129)130)106-76(125)62(37-68(119)120)105-75(124)61(36-67(117)118)104-73(122)58(15-11-29-96-85(93)94)102-74(123)60(35-66(115)116)100-65(114)25-24-59(78(127)128)103-72(121)49-18-20-50(21-19-49)97-40-51-41-98-71-69(99-51)77(126)108-86(95)107-71/h9-10,12-14,16-23,27,33-34,41,47,58-63,80-82,97,101,131,135-136H,6-8,11,15,24-26,28-32,35-40,42-45H2,1-5H3,(H,100,114)(H,102,123)(H,103,121)(H,104,122)(H,105,124)(H,106,125)(H,109,132)(H,110,134)(H,115,116)(H,117,118)(H,119,120)(H,127,128)(H,129,130)(H4,93,94,96)(H3,95,98,107,108,126)/t47?,58-,59?,60?,61?,62-,63-,80-,81?,82?,88?,89+,90?,91-,92-/m0/s1. The molecule has 2 saturated heterocycles. The van der Waals surface area contributed by atoms with Crippen LogP contribution in [0.3, 0.4) is 0 Å². The third-order valence-corrected chi connectivity index (χ3v) is 29.5. The van der Waals surface area contributed by atoms with Gasteiger partial charge in [0.2, 0.25) is 35.5 Å². The largest absolute Gasteiger partial charge is 0.481 e. The number of piperidine rings is 1. The van der Waals surface area contributed by atoms with Gasteiger partial charge in [0.25, 0.3) is 17.4 Å². The number of guanidine groups is 1. The molecule has 8 amide bonds. The zero-order chi connectivity index (χ0) is 101. The van der Waals surface area contributed by atoms with Crippen LogP contribution in [0.4, 0.5) is 22.1 Å². The Labute approximate surface area is 807 Å². The van der Waals surface area contributed by atoms with Crippen LogP contribution in [0.25, 0.3) is 22.1 Å². The van der Waals surface area contributed by atoms with Gasteiger partial charge in [0.1, 0.15) is 54.4 Å². The van der Waals surface area contributed by atoms with Crippen molar-refractivity contribution in [1.29, 1.82) is 5.41 Å². The maximum absolute atomic E-state index is 15.7. The number of aryl methyl sites for hydroxylation is 1. The van der Waals surface area contributed by atoms with E-state index in [4.69, 9.17) is 26.4 Å². The number of aliphatic hydroxyl groups is 3. The van der Waals surface area contributed by atoms with Crippen molar-refractivity contribution in [3.63, 3.8) is 0 Å². The van der Waals surface area contributed by atoms with Crippen molar-refractivity contribution in [2.45, 2.75) is 205 Å². The molecule has 5 aliphatic heterocycles. The van der Waals surface area contributed by atoms with E-state index < -0.39 is 221 Å². The lowest BCUT2D eigenvalue weighted by atomic mass is 9.47. The maximum atomic E-state index is 15.7. The van der Waals surface area contributed by atoms with E-state index in [0.29, 0.717) is 104 Å². The number of aliphatic carboxylic acids is 5. The highest BCUT2D eigenvalue weighted by atomic mass is 33.1. The van der Waals surface area contributed by atoms with Crippen LogP contribution in [-0.2, 0) is 104 Å². The fourth-order valence-corrected chi connectivity index (χ4v) is 22.9. The summed E-state index contributed by atoms with van der Waals surface area (Å²) in [5.41, 5.74) is 14.1. The molecule has 0 radical (unpaired) electrons. The fourth-order valence-electron chi connectivity index (χ4n) is 20.7. The van der Waals surface area contributed by atoms with Gasteiger partial charge >= 0.3 is 41.9 Å². The van der Waals surface area contributed by atoms with E-state index >= 15 is 9.59 Å². The van der Waals surface area contributed by atoms with Crippen LogP contribution in [0.2, 0.25) is 0 Å². The Morgan fingerprint density at radius 1 is 0.721 bits per heavy atom. The van der Waals surface area contributed by atoms with Gasteiger partial charge in [-0.15, -0.1) is 0 Å². The average molecular weight is 1980 g/mol. The molecule has 1 aliphatic carbocycles. The number of hydrogen-bond donors (Lipinski definition) is 23. The first-order chi connectivity index (χ1) is 66.6. The van der Waals surface area contributed by atoms with Crippen molar-refractivity contribution in [1.82, 2.24) is 82.8 Å². The molecule has 13 rings (SSSR count). The summed E-state index contributed by atoms with van der Waals surface area (Å²) >= 11 is 0. The number of anilines is 3. The van der Waals surface area contributed by atoms with E-state index in [1.165, 1.54) is 37.6 Å². The normalized spacial score (nSPS) is 23.3. The van der Waals surface area contributed by atoms with Gasteiger partial charge in [0, 0.05) is 107 Å². The molecule has 7 aromatic rings. The van der Waals surface area contributed by atoms with E-state index in [1.54, 1.807) is 31.3 Å². The summed E-state index contributed by atoms with van der Waals surface area (Å²) in [5, 5.41) is 116. The molecule has 2 bridgehead atoms. The highest BCUT2D eigenvalue weighted by Crippen LogP contribution is 2.67. The van der Waals surface area contributed by atoms with E-state index in [9.17, 15) is 103 Å². The van der Waals surface area contributed by atoms with Crippen LogP contribution in [0.5, 0.6) is 0 Å². The summed E-state index contributed by atoms with van der Waals surface area (Å²) in [6, 6.07) is 10.5. The number of likely N-dealkylation sites (N-methyl/N-ethyl adjacent to an activating group) is 1. The Hall–Kier alpha value is -14.1. The number of methoxy groups -OCH3 is 1. The van der Waals surface area contributed by atoms with E-state index in [0.717, 1.165) is 49.2 Å². The quantitative estimate of drug-likeness (QED) is 0.00474. The summed E-state index contributed by atoms with van der Waals surface area (Å²) in [5.74, 6) is -19.0. The SMILES string of the molecule is CCc1cc2c(cc1[C@@]1(C(=O)OC)CC3CN(CCc4c1[nH]c1ccccc41)CC(O)(CC)C3)C13CCN4CC=C[C@@](CC)(C(O)[C@](O)(C(=O)NNC(=O)OCc5ccc(SSC[C@H](NC(=O)[C@H](CC(=O)O)NC(=O)C(CC(=O)O)NC(=O)[C@H](CCCNC(=N)N)NC(=O)C(CC(=O)O)NC(=O)CCC(NC(=O)c6ccc(NCc7cnc8nc(N)[nH]c(=O)c8n7)cc6)C(=O)O)C(=O)O)cc5)C1N2C)[C@H]43. The second-order valence-electron chi connectivity index (χ2n) is 35.9. The lowest BCUT2D eigenvalue weighted by Crippen LogP contribution is -2.82. The smallest absolute Gasteiger partial charge is 0.426 e. The number of carbonyl (C=O) groups is 14. The van der Waals surface area contributed by atoms with E-state index in [1.807, 2.05) is 67.4 Å². The van der Waals surface area contributed by atoms with E-state index in [-0.39, 0.29) is 67.6 Å². The van der Waals surface area contributed by atoms with Crippen LogP contribution >= 0.6 is 21.6 Å². The number of H-pyrrole nitrogens is 2. The summed E-state index contributed by atoms with van der Waals surface area (Å²) in [7, 11) is 5.08. The average Bonchev–Trinajstić information content (AvgIpc) is 1.47. The lowest BCUT2D eigenvalue weighted by molar-refractivity contribution is -0.204. The molecule has 48 heteroatoms. The Morgan fingerprint density at radius 3 is 2.01 bits per heavy atom. The Kier molecular flexibility index (Phi) is 32.1. The number of rotatable bonds is 41. The zero-order valence-corrected chi connectivity index (χ0v) is 78.7. The van der Waals surface area contributed by atoms with Crippen molar-refractivity contribution < 1.29 is 117 Å². The maximum Gasteiger partial charge on any atom is 0.426 e. The molecule has 4 aromatic carbocycles. The minimum atomic E-state index is -2.68. The van der Waals surface area contributed by atoms with Crippen molar-refractivity contribution in [2.75, 3.05) is 75.1 Å². The molecule has 3 fully saturated rings. The molecule has 1 saturated carbocycles. The van der Waals surface area contributed by atoms with Gasteiger partial charge in [-0.1, -0.05) is 90.9 Å². The molecule has 1 spiro atoms. The number of nitrogens with zero attached hydrogens (tertiary/aromatic N) is 6. The highest BCUT2D eigenvalue weighted by molar-refractivity contribution is 8.76. The number of nitrogens with one attached hydrogen (secondary N) is 13. The first-order valence-electron chi connectivity index (χ1n) is 45.5. The molecule has 16 atom stereocenters. The number of esters is 1. The highest BCUT2D eigenvalue weighted by Gasteiger charge is 2.79. The van der Waals surface area contributed by atoms with Gasteiger partial charge in [-0.3, -0.25) is 83.2 Å². The minimum absolute atomic E-state index is 0.0244. The first kappa shape index (κ1) is 103. The number of aromatic nitrogens is 5. The van der Waals surface area contributed by atoms with E-state index in [2.05, 4.69) is 94.9 Å². The number of aromatic amines is 2. The topological polar surface area (TPSA) is 713 Å². The second kappa shape index (κ2) is 43.5. The Bertz CT molecular complexity index is 6070. The number of fused-ring (bicyclic) bond motifs is 7. The van der Waals surface area contributed by atoms with Crippen molar-refractivity contribution in [3.8, 4) is 0 Å². The number of amides is 8. The van der Waals surface area contributed by atoms with Crippen molar-refractivity contribution >= 4 is 150 Å². The van der Waals surface area contributed by atoms with Gasteiger partial charge < -0.3 is 114 Å². The van der Waals surface area contributed by atoms with Gasteiger partial charge in [-0.25, -0.2) is 29.8 Å². The molecular weight excluding hydrogens is 1860 g/mol. The number of aliphatic hydroxyl groups excluding tert-OH is 1. The molecule has 3 aromatic heterocycles. The lowest BCUT2D eigenvalue weighted by Gasteiger charge is -2.63. The molecule has 9 unspecified atom stereocenters. The number of nitrogen functional groups attached to an aromatic ring is 1. The van der Waals surface area contributed by atoms with Gasteiger partial charge in [-0.2, -0.15) is 4.98 Å². The number of carboxylic acid groups (broad SMARTS) is 5. The molecule has 140 heavy (non-hydrogen) atoms. The zero-order valence-electron chi connectivity index (χ0n) is 77.0. The second-order valence-corrected chi connectivity index (χ2v) is 38.3. The third-order valence-electron chi connectivity index (χ3n) is 27.1. The first-order valence-corrected chi connectivity index (χ1v) is 47.8. The number of hydrazine groups is 1. The Morgan fingerprint density at radius 2 is 1.37 bits per heavy atom. The minimum Gasteiger partial charge on any atom is -0.481 e. The number of nitrogens with two attached hydrogens (primary N) is 2. The molecule has 46 nitrogen and oxygen atoms in total. The molecule has 6 aliphatic rings. The summed E-state index contributed by atoms with van der Waals surface area (Å²) in [6.07, 6.45) is -0.546. The van der Waals surface area contributed by atoms with Crippen LogP contribution in [0, 0.1) is 16.7 Å². The molecule has 748 valence electrons. The molecular formula is C92H113N21O25S2. The number of carboxylic acids is 5. The summed E-state index contributed by atoms with van der Waals surface area (Å²) in [6.45, 7) is 8.15. The predicted octanol–water partition coefficient (Wildman–Crippen LogP) is 0.579. The fraction of sp³-hybridized carbons (Fsp3) is 0.467. The van der Waals surface area contributed by atoms with Crippen LogP contribution in [-0.4, -0.2) is 290 Å². The predicted molar refractivity (Wildman–Crippen MR) is 505 cm³/mol. The number of hydrogen-bond acceptors (Lipinski definition) is 31. The van der Waals surface area contributed by atoms with Crippen molar-refractivity contribution in [2.24, 2.45) is 17.1 Å². The van der Waals surface area contributed by atoms with Crippen LogP contribution in [0.15, 0.2) is 113 Å². The molecule has 25 N–H and O–H groups in total. The van der Waals surface area contributed by atoms with Crippen molar-refractivity contribution in [3.05, 3.63) is 158 Å².